The van der Waals surface area contributed by atoms with E-state index in [9.17, 15) is 18.0 Å². The van der Waals surface area contributed by atoms with Gasteiger partial charge in [-0.2, -0.15) is 0 Å². The number of amides is 2. The summed E-state index contributed by atoms with van der Waals surface area (Å²) in [5.74, 6) is -0.0519. The standard InChI is InChI=1S/C38H43ClN6O5S/c1-26-7-4-5-8-28(26)12-16-33-32(24-40-38(41-33)45-18-6-9-34(45)29-10-13-30(39)14-11-29)37(47)42-51(48,49)31-15-17-35(27(2)23-31)50-25-36(46)44-21-19-43(3)20-22-44/h4-5,7-8,10-11,13-15,17,23-24,34H,6,9,12,16,18-22,25H2,1-3H3,(H,42,47)/t34-/m1/s1. The number of aryl methyl sites for hydroxylation is 4. The summed E-state index contributed by atoms with van der Waals surface area (Å²) >= 11 is 6.15. The Bertz CT molecular complexity index is 2000. The van der Waals surface area contributed by atoms with Crippen molar-refractivity contribution in [3.05, 3.63) is 111 Å². The van der Waals surface area contributed by atoms with Crippen LogP contribution in [0, 0.1) is 13.8 Å². The van der Waals surface area contributed by atoms with Crippen molar-refractivity contribution in [1.29, 1.82) is 0 Å². The Balaban J connectivity index is 1.20. The van der Waals surface area contributed by atoms with Gasteiger partial charge in [0, 0.05) is 43.9 Å². The fraction of sp³-hybridized carbons (Fsp3) is 0.368. The summed E-state index contributed by atoms with van der Waals surface area (Å²) in [5.41, 5.74) is 4.40. The van der Waals surface area contributed by atoms with E-state index in [0.29, 0.717) is 53.9 Å². The largest absolute Gasteiger partial charge is 0.483 e. The van der Waals surface area contributed by atoms with Crippen LogP contribution in [-0.4, -0.2) is 86.4 Å². The molecular weight excluding hydrogens is 688 g/mol. The van der Waals surface area contributed by atoms with Crippen LogP contribution in [0.25, 0.3) is 0 Å². The van der Waals surface area contributed by atoms with Crippen LogP contribution >= 0.6 is 11.6 Å². The molecule has 1 atom stereocenters. The quantitative estimate of drug-likeness (QED) is 0.223. The Labute approximate surface area is 304 Å². The highest BCUT2D eigenvalue weighted by atomic mass is 35.5. The number of rotatable bonds is 11. The Morgan fingerprint density at radius 2 is 1.69 bits per heavy atom. The summed E-state index contributed by atoms with van der Waals surface area (Å²) in [4.78, 5) is 41.8. The molecule has 1 N–H and O–H groups in total. The number of likely N-dealkylation sites (N-methyl/N-ethyl adjacent to an activating group) is 1. The second-order valence-electron chi connectivity index (χ2n) is 13.2. The van der Waals surface area contributed by atoms with Crippen LogP contribution in [-0.2, 0) is 27.7 Å². The van der Waals surface area contributed by atoms with Crippen molar-refractivity contribution in [2.75, 3.05) is 51.3 Å². The van der Waals surface area contributed by atoms with E-state index in [1.54, 1.807) is 11.8 Å². The molecule has 0 unspecified atom stereocenters. The Morgan fingerprint density at radius 3 is 2.41 bits per heavy atom. The van der Waals surface area contributed by atoms with E-state index in [4.69, 9.17) is 21.3 Å². The lowest BCUT2D eigenvalue weighted by molar-refractivity contribution is -0.134. The number of carbonyl (C=O) groups is 2. The molecule has 3 heterocycles. The third-order valence-electron chi connectivity index (χ3n) is 9.65. The maximum absolute atomic E-state index is 13.7. The van der Waals surface area contributed by atoms with Crippen molar-refractivity contribution < 1.29 is 22.7 Å². The number of nitrogens with one attached hydrogen (secondary N) is 1. The van der Waals surface area contributed by atoms with Crippen molar-refractivity contribution in [3.8, 4) is 5.75 Å². The Morgan fingerprint density at radius 1 is 0.941 bits per heavy atom. The fourth-order valence-corrected chi connectivity index (χ4v) is 7.76. The molecule has 0 saturated carbocycles. The van der Waals surface area contributed by atoms with E-state index < -0.39 is 15.9 Å². The van der Waals surface area contributed by atoms with Gasteiger partial charge in [0.05, 0.1) is 22.2 Å². The molecule has 1 aromatic heterocycles. The van der Waals surface area contributed by atoms with E-state index in [0.717, 1.165) is 49.2 Å². The highest BCUT2D eigenvalue weighted by Gasteiger charge is 2.30. The van der Waals surface area contributed by atoms with Crippen molar-refractivity contribution in [2.24, 2.45) is 0 Å². The minimum Gasteiger partial charge on any atom is -0.483 e. The van der Waals surface area contributed by atoms with Gasteiger partial charge in [0.1, 0.15) is 5.75 Å². The lowest BCUT2D eigenvalue weighted by Crippen LogP contribution is -2.48. The third kappa shape index (κ3) is 8.69. The molecule has 268 valence electrons. The Kier molecular flexibility index (Phi) is 11.2. The number of hydrogen-bond acceptors (Lipinski definition) is 9. The molecule has 0 bridgehead atoms. The minimum absolute atomic E-state index is 0.0478. The zero-order chi connectivity index (χ0) is 36.1. The van der Waals surface area contributed by atoms with Crippen molar-refractivity contribution in [2.45, 2.75) is 50.5 Å². The zero-order valence-corrected chi connectivity index (χ0v) is 30.7. The van der Waals surface area contributed by atoms with E-state index in [1.165, 1.54) is 24.4 Å². The molecule has 2 fully saturated rings. The summed E-state index contributed by atoms with van der Waals surface area (Å²) in [6.45, 7) is 7.21. The lowest BCUT2D eigenvalue weighted by Gasteiger charge is -2.32. The second kappa shape index (κ2) is 15.8. The first kappa shape index (κ1) is 36.3. The number of ether oxygens (including phenoxy) is 1. The van der Waals surface area contributed by atoms with Gasteiger partial charge in [-0.1, -0.05) is 48.0 Å². The topological polar surface area (TPSA) is 125 Å². The van der Waals surface area contributed by atoms with Gasteiger partial charge in [-0.3, -0.25) is 9.59 Å². The van der Waals surface area contributed by atoms with Crippen LogP contribution in [0.1, 0.15) is 57.2 Å². The highest BCUT2D eigenvalue weighted by molar-refractivity contribution is 7.90. The first-order chi connectivity index (χ1) is 24.5. The van der Waals surface area contributed by atoms with E-state index >= 15 is 0 Å². The van der Waals surface area contributed by atoms with Crippen LogP contribution in [0.5, 0.6) is 5.75 Å². The third-order valence-corrected chi connectivity index (χ3v) is 11.2. The van der Waals surface area contributed by atoms with Crippen molar-refractivity contribution in [3.63, 3.8) is 0 Å². The van der Waals surface area contributed by atoms with Gasteiger partial charge in [-0.05, 0) is 99.2 Å². The normalized spacial score (nSPS) is 16.7. The van der Waals surface area contributed by atoms with Gasteiger partial charge in [0.2, 0.25) is 5.95 Å². The molecule has 2 aliphatic heterocycles. The van der Waals surface area contributed by atoms with Crippen LogP contribution < -0.4 is 14.4 Å². The van der Waals surface area contributed by atoms with E-state index in [-0.39, 0.29) is 29.0 Å². The average Bonchev–Trinajstić information content (AvgIpc) is 3.61. The smallest absolute Gasteiger partial charge is 0.268 e. The minimum atomic E-state index is -4.28. The predicted octanol–water partition coefficient (Wildman–Crippen LogP) is 5.15. The molecule has 2 aliphatic rings. The summed E-state index contributed by atoms with van der Waals surface area (Å²) in [6.07, 6.45) is 4.30. The molecule has 4 aromatic rings. The SMILES string of the molecule is Cc1ccccc1CCc1nc(N2CCC[C@@H]2c2ccc(Cl)cc2)ncc1C(=O)NS(=O)(=O)c1ccc(OCC(=O)N2CCN(C)CC2)c(C)c1. The van der Waals surface area contributed by atoms with Gasteiger partial charge < -0.3 is 19.4 Å². The van der Waals surface area contributed by atoms with E-state index in [1.807, 2.05) is 62.5 Å². The monoisotopic (exact) mass is 730 g/mol. The molecule has 11 nitrogen and oxygen atoms in total. The molecular formula is C38H43ClN6O5S. The molecule has 0 radical (unpaired) electrons. The Hall–Kier alpha value is -4.52. The van der Waals surface area contributed by atoms with Crippen molar-refractivity contribution >= 4 is 39.4 Å². The molecule has 51 heavy (non-hydrogen) atoms. The van der Waals surface area contributed by atoms with Crippen LogP contribution in [0.15, 0.2) is 77.8 Å². The molecule has 2 amide bonds. The summed E-state index contributed by atoms with van der Waals surface area (Å²) in [5, 5.41) is 0.663. The predicted molar refractivity (Wildman–Crippen MR) is 197 cm³/mol. The number of benzene rings is 3. The first-order valence-corrected chi connectivity index (χ1v) is 19.0. The van der Waals surface area contributed by atoms with E-state index in [2.05, 4.69) is 19.5 Å². The number of aromatic nitrogens is 2. The number of anilines is 1. The number of sulfonamides is 1. The first-order valence-electron chi connectivity index (χ1n) is 17.2. The average molecular weight is 731 g/mol. The number of nitrogens with zero attached hydrogens (tertiary/aromatic N) is 5. The molecule has 6 rings (SSSR count). The number of carbonyl (C=O) groups excluding carboxylic acids is 2. The number of hydrogen-bond donors (Lipinski definition) is 1. The molecule has 2 saturated heterocycles. The van der Waals surface area contributed by atoms with Gasteiger partial charge in [0.15, 0.2) is 6.61 Å². The molecule has 3 aromatic carbocycles. The maximum Gasteiger partial charge on any atom is 0.268 e. The van der Waals surface area contributed by atoms with Crippen LogP contribution in [0.2, 0.25) is 5.02 Å². The second-order valence-corrected chi connectivity index (χ2v) is 15.3. The van der Waals surface area contributed by atoms with Gasteiger partial charge >= 0.3 is 0 Å². The zero-order valence-electron chi connectivity index (χ0n) is 29.1. The molecule has 0 aliphatic carbocycles. The molecule has 13 heteroatoms. The van der Waals surface area contributed by atoms with Gasteiger partial charge in [-0.25, -0.2) is 23.1 Å². The summed E-state index contributed by atoms with van der Waals surface area (Å²) in [6, 6.07) is 20.1. The summed E-state index contributed by atoms with van der Waals surface area (Å²) < 4.78 is 35.0. The maximum atomic E-state index is 13.7. The van der Waals surface area contributed by atoms with Crippen LogP contribution in [0.3, 0.4) is 0 Å². The van der Waals surface area contributed by atoms with Crippen molar-refractivity contribution in [1.82, 2.24) is 24.5 Å². The number of halogens is 1. The van der Waals surface area contributed by atoms with Gasteiger partial charge in [0.25, 0.3) is 21.8 Å². The lowest BCUT2D eigenvalue weighted by atomic mass is 10.0. The van der Waals surface area contributed by atoms with Gasteiger partial charge in [-0.15, -0.1) is 0 Å². The molecule has 0 spiro atoms. The summed E-state index contributed by atoms with van der Waals surface area (Å²) in [7, 11) is -2.26. The fourth-order valence-electron chi connectivity index (χ4n) is 6.58. The van der Waals surface area contributed by atoms with Crippen LogP contribution in [0.4, 0.5) is 5.95 Å². The number of piperazine rings is 1. The highest BCUT2D eigenvalue weighted by Crippen LogP contribution is 2.35.